The standard InChI is InChI=1S/C21H25NO3S/c1-15(26-20-12-10-19(25-3)11-13-20)21(23)22(17-6-7-17)14-16-4-8-18(24-2)9-5-16/h4-5,8-13,15,17H,6-7,14H2,1-3H3. The molecule has 1 saturated carbocycles. The molecule has 2 aromatic rings. The third kappa shape index (κ3) is 4.73. The largest absolute Gasteiger partial charge is 0.497 e. The molecule has 1 unspecified atom stereocenters. The first-order valence-corrected chi connectivity index (χ1v) is 9.73. The molecule has 5 heteroatoms. The lowest BCUT2D eigenvalue weighted by molar-refractivity contribution is -0.131. The van der Waals surface area contributed by atoms with E-state index < -0.39 is 0 Å². The Hall–Kier alpha value is -2.14. The quantitative estimate of drug-likeness (QED) is 0.646. The minimum Gasteiger partial charge on any atom is -0.497 e. The first-order chi connectivity index (χ1) is 12.6. The van der Waals surface area contributed by atoms with Crippen LogP contribution in [0.2, 0.25) is 0 Å². The predicted octanol–water partition coefficient (Wildman–Crippen LogP) is 4.38. The van der Waals surface area contributed by atoms with Gasteiger partial charge in [-0.05, 0) is 61.7 Å². The maximum Gasteiger partial charge on any atom is 0.236 e. The van der Waals surface area contributed by atoms with Gasteiger partial charge in [0.1, 0.15) is 11.5 Å². The molecule has 4 nitrogen and oxygen atoms in total. The molecule has 0 radical (unpaired) electrons. The Balaban J connectivity index is 1.65. The second-order valence-electron chi connectivity index (χ2n) is 6.48. The third-order valence-corrected chi connectivity index (χ3v) is 5.60. The molecule has 0 aromatic heterocycles. The zero-order chi connectivity index (χ0) is 18.5. The number of thioether (sulfide) groups is 1. The number of amides is 1. The van der Waals surface area contributed by atoms with Gasteiger partial charge in [-0.25, -0.2) is 0 Å². The van der Waals surface area contributed by atoms with Crippen molar-refractivity contribution in [2.45, 2.75) is 42.5 Å². The molecule has 0 N–H and O–H groups in total. The molecule has 2 aromatic carbocycles. The van der Waals surface area contributed by atoms with Crippen LogP contribution in [0.25, 0.3) is 0 Å². The summed E-state index contributed by atoms with van der Waals surface area (Å²) in [5.74, 6) is 1.86. The zero-order valence-corrected chi connectivity index (χ0v) is 16.3. The van der Waals surface area contributed by atoms with Crippen LogP contribution in [0.1, 0.15) is 25.3 Å². The van der Waals surface area contributed by atoms with Crippen LogP contribution >= 0.6 is 11.8 Å². The molecule has 1 amide bonds. The van der Waals surface area contributed by atoms with Crippen molar-refractivity contribution in [1.29, 1.82) is 0 Å². The molecule has 0 spiro atoms. The Labute approximate surface area is 159 Å². The van der Waals surface area contributed by atoms with Crippen molar-refractivity contribution in [2.24, 2.45) is 0 Å². The number of carbonyl (C=O) groups is 1. The van der Waals surface area contributed by atoms with Crippen molar-refractivity contribution >= 4 is 17.7 Å². The molecule has 0 saturated heterocycles. The normalized spacial score (nSPS) is 14.6. The Morgan fingerprint density at radius 2 is 1.58 bits per heavy atom. The lowest BCUT2D eigenvalue weighted by Gasteiger charge is -2.26. The average molecular weight is 372 g/mol. The molecular weight excluding hydrogens is 346 g/mol. The van der Waals surface area contributed by atoms with Crippen LogP contribution in [0.15, 0.2) is 53.4 Å². The first kappa shape index (κ1) is 18.6. The van der Waals surface area contributed by atoms with Crippen molar-refractivity contribution < 1.29 is 14.3 Å². The van der Waals surface area contributed by atoms with Gasteiger partial charge in [0.2, 0.25) is 5.91 Å². The second kappa shape index (κ2) is 8.49. The van der Waals surface area contributed by atoms with E-state index in [-0.39, 0.29) is 11.2 Å². The van der Waals surface area contributed by atoms with Gasteiger partial charge in [-0.15, -0.1) is 11.8 Å². The smallest absolute Gasteiger partial charge is 0.236 e. The summed E-state index contributed by atoms with van der Waals surface area (Å²) in [5.41, 5.74) is 1.13. The summed E-state index contributed by atoms with van der Waals surface area (Å²) in [6, 6.07) is 16.2. The van der Waals surface area contributed by atoms with Gasteiger partial charge in [0.05, 0.1) is 19.5 Å². The van der Waals surface area contributed by atoms with Gasteiger partial charge in [0.15, 0.2) is 0 Å². The molecule has 1 aliphatic carbocycles. The Bertz CT molecular complexity index is 726. The minimum atomic E-state index is -0.123. The first-order valence-electron chi connectivity index (χ1n) is 8.85. The van der Waals surface area contributed by atoms with E-state index in [9.17, 15) is 4.79 Å². The number of benzene rings is 2. The van der Waals surface area contributed by atoms with Gasteiger partial charge in [0, 0.05) is 17.5 Å². The van der Waals surface area contributed by atoms with Crippen molar-refractivity contribution in [3.63, 3.8) is 0 Å². The molecule has 26 heavy (non-hydrogen) atoms. The van der Waals surface area contributed by atoms with Gasteiger partial charge in [0.25, 0.3) is 0 Å². The predicted molar refractivity (Wildman–Crippen MR) is 105 cm³/mol. The Morgan fingerprint density at radius 3 is 2.08 bits per heavy atom. The lowest BCUT2D eigenvalue weighted by Crippen LogP contribution is -2.37. The van der Waals surface area contributed by atoms with Crippen molar-refractivity contribution in [3.05, 3.63) is 54.1 Å². The summed E-state index contributed by atoms with van der Waals surface area (Å²) in [7, 11) is 3.31. The van der Waals surface area contributed by atoms with Crippen LogP contribution in [0.4, 0.5) is 0 Å². The van der Waals surface area contributed by atoms with E-state index in [1.165, 1.54) is 0 Å². The van der Waals surface area contributed by atoms with Crippen LogP contribution in [0, 0.1) is 0 Å². The fourth-order valence-electron chi connectivity index (χ4n) is 2.84. The van der Waals surface area contributed by atoms with Gasteiger partial charge in [-0.2, -0.15) is 0 Å². The highest BCUT2D eigenvalue weighted by Gasteiger charge is 2.34. The van der Waals surface area contributed by atoms with E-state index in [1.54, 1.807) is 26.0 Å². The van der Waals surface area contributed by atoms with E-state index in [4.69, 9.17) is 9.47 Å². The highest BCUT2D eigenvalue weighted by Crippen LogP contribution is 2.33. The number of methoxy groups -OCH3 is 2. The van der Waals surface area contributed by atoms with Gasteiger partial charge >= 0.3 is 0 Å². The van der Waals surface area contributed by atoms with Crippen LogP contribution < -0.4 is 9.47 Å². The number of rotatable bonds is 8. The van der Waals surface area contributed by atoms with Gasteiger partial charge in [-0.3, -0.25) is 4.79 Å². The molecular formula is C21H25NO3S. The molecule has 0 heterocycles. The zero-order valence-electron chi connectivity index (χ0n) is 15.5. The summed E-state index contributed by atoms with van der Waals surface area (Å²) in [5, 5.41) is -0.123. The number of nitrogens with zero attached hydrogens (tertiary/aromatic N) is 1. The van der Waals surface area contributed by atoms with E-state index in [2.05, 4.69) is 0 Å². The number of hydrogen-bond donors (Lipinski definition) is 0. The molecule has 0 aliphatic heterocycles. The van der Waals surface area contributed by atoms with Crippen LogP contribution in [-0.4, -0.2) is 36.3 Å². The molecule has 1 aliphatic rings. The van der Waals surface area contributed by atoms with Gasteiger partial charge in [-0.1, -0.05) is 12.1 Å². The lowest BCUT2D eigenvalue weighted by atomic mass is 10.2. The van der Waals surface area contributed by atoms with Crippen molar-refractivity contribution in [3.8, 4) is 11.5 Å². The topological polar surface area (TPSA) is 38.8 Å². The highest BCUT2D eigenvalue weighted by molar-refractivity contribution is 8.00. The molecule has 1 atom stereocenters. The Kier molecular flexibility index (Phi) is 6.09. The second-order valence-corrected chi connectivity index (χ2v) is 7.90. The Morgan fingerprint density at radius 1 is 1.04 bits per heavy atom. The van der Waals surface area contributed by atoms with Crippen molar-refractivity contribution in [1.82, 2.24) is 4.90 Å². The fraction of sp³-hybridized carbons (Fsp3) is 0.381. The van der Waals surface area contributed by atoms with E-state index in [1.807, 2.05) is 60.4 Å². The summed E-state index contributed by atoms with van der Waals surface area (Å²) < 4.78 is 10.4. The summed E-state index contributed by atoms with van der Waals surface area (Å²) in [6.07, 6.45) is 2.20. The van der Waals surface area contributed by atoms with Crippen LogP contribution in [-0.2, 0) is 11.3 Å². The average Bonchev–Trinajstić information content (AvgIpc) is 3.51. The molecule has 138 valence electrons. The molecule has 1 fully saturated rings. The number of ether oxygens (including phenoxy) is 2. The maximum absolute atomic E-state index is 13.0. The van der Waals surface area contributed by atoms with Gasteiger partial charge < -0.3 is 14.4 Å². The van der Waals surface area contributed by atoms with E-state index in [0.29, 0.717) is 12.6 Å². The maximum atomic E-state index is 13.0. The van der Waals surface area contributed by atoms with E-state index in [0.717, 1.165) is 34.8 Å². The monoisotopic (exact) mass is 371 g/mol. The molecule has 0 bridgehead atoms. The SMILES string of the molecule is COc1ccc(CN(C(=O)C(C)Sc2ccc(OC)cc2)C2CC2)cc1. The van der Waals surface area contributed by atoms with Crippen molar-refractivity contribution in [2.75, 3.05) is 14.2 Å². The molecule has 3 rings (SSSR count). The van der Waals surface area contributed by atoms with Crippen LogP contribution in [0.3, 0.4) is 0 Å². The third-order valence-electron chi connectivity index (χ3n) is 4.50. The highest BCUT2D eigenvalue weighted by atomic mass is 32.2. The number of carbonyl (C=O) groups excluding carboxylic acids is 1. The summed E-state index contributed by atoms with van der Waals surface area (Å²) in [6.45, 7) is 2.64. The summed E-state index contributed by atoms with van der Waals surface area (Å²) >= 11 is 1.59. The summed E-state index contributed by atoms with van der Waals surface area (Å²) in [4.78, 5) is 16.1. The fourth-order valence-corrected chi connectivity index (χ4v) is 3.78. The van der Waals surface area contributed by atoms with E-state index >= 15 is 0 Å². The minimum absolute atomic E-state index is 0.123. The number of hydrogen-bond acceptors (Lipinski definition) is 4. The van der Waals surface area contributed by atoms with Crippen LogP contribution in [0.5, 0.6) is 11.5 Å².